The van der Waals surface area contributed by atoms with Gasteiger partial charge in [0.1, 0.15) is 37.1 Å². The van der Waals surface area contributed by atoms with Crippen LogP contribution in [0.1, 0.15) is 52.6 Å². The quantitative estimate of drug-likeness (QED) is 0.0638. The van der Waals surface area contributed by atoms with Gasteiger partial charge < -0.3 is 52.5 Å². The van der Waals surface area contributed by atoms with E-state index in [0.29, 0.717) is 0 Å². The Morgan fingerprint density at radius 3 is 1.24 bits per heavy atom. The first-order valence-corrected chi connectivity index (χ1v) is 22.7. The predicted molar refractivity (Wildman–Crippen MR) is 250 cm³/mol. The summed E-state index contributed by atoms with van der Waals surface area (Å²) in [6.45, 7) is -0.776. The average molecular weight is 953 g/mol. The van der Waals surface area contributed by atoms with Crippen LogP contribution in [-0.4, -0.2) is 111 Å². The summed E-state index contributed by atoms with van der Waals surface area (Å²) in [5.74, 6) is -3.31. The van der Waals surface area contributed by atoms with Gasteiger partial charge in [-0.25, -0.2) is 19.2 Å². The molecule has 8 rings (SSSR count). The third kappa shape index (κ3) is 12.8. The van der Waals surface area contributed by atoms with E-state index in [9.17, 15) is 24.3 Å². The first kappa shape index (κ1) is 49.3. The van der Waals surface area contributed by atoms with E-state index in [-0.39, 0.29) is 35.5 Å². The molecule has 0 aliphatic carbocycles. The van der Waals surface area contributed by atoms with Crippen LogP contribution in [0.25, 0.3) is 0 Å². The number of ether oxygens (including phenoxy) is 10. The van der Waals surface area contributed by atoms with Crippen molar-refractivity contribution < 1.29 is 71.7 Å². The molecule has 2 aliphatic heterocycles. The molecule has 2 saturated heterocycles. The minimum atomic E-state index is -1.67. The van der Waals surface area contributed by atoms with Gasteiger partial charge in [0.2, 0.25) is 0 Å². The molecular formula is C55H52O15. The van der Waals surface area contributed by atoms with Gasteiger partial charge in [-0.15, -0.1) is 0 Å². The van der Waals surface area contributed by atoms with Gasteiger partial charge in [-0.2, -0.15) is 0 Å². The SMILES string of the molecule is CO[C@H]1O[C@H](CO[C@@H]2O[C@H](COC(=O)c3ccccc3)[C@@H](OC(=O)c3ccccc3)[C@H](OC(=O)c3ccccc3)[C@H]2OC(=O)c2ccccc2)[C@@H](OCc2ccccc2)[C@H](OCc2ccccc2)[C@H]1O. The van der Waals surface area contributed by atoms with E-state index in [1.54, 1.807) is 84.9 Å². The molecule has 0 unspecified atom stereocenters. The molecule has 2 aliphatic rings. The molecule has 362 valence electrons. The van der Waals surface area contributed by atoms with Crippen LogP contribution in [0.4, 0.5) is 0 Å². The van der Waals surface area contributed by atoms with Crippen molar-refractivity contribution in [2.24, 2.45) is 0 Å². The van der Waals surface area contributed by atoms with Gasteiger partial charge in [0.05, 0.1) is 42.1 Å². The molecule has 0 bridgehead atoms. The molecule has 6 aromatic rings. The molecule has 10 atom stereocenters. The van der Waals surface area contributed by atoms with Crippen molar-refractivity contribution in [2.45, 2.75) is 74.6 Å². The highest BCUT2D eigenvalue weighted by Gasteiger charge is 2.55. The maximum Gasteiger partial charge on any atom is 0.338 e. The highest BCUT2D eigenvalue weighted by molar-refractivity contribution is 5.91. The zero-order valence-corrected chi connectivity index (χ0v) is 38.1. The van der Waals surface area contributed by atoms with E-state index >= 15 is 0 Å². The van der Waals surface area contributed by atoms with Crippen molar-refractivity contribution in [1.82, 2.24) is 0 Å². The number of esters is 4. The van der Waals surface area contributed by atoms with Crippen LogP contribution in [0.2, 0.25) is 0 Å². The first-order valence-electron chi connectivity index (χ1n) is 22.7. The van der Waals surface area contributed by atoms with Crippen molar-refractivity contribution in [2.75, 3.05) is 20.3 Å². The lowest BCUT2D eigenvalue weighted by molar-refractivity contribution is -0.335. The lowest BCUT2D eigenvalue weighted by Gasteiger charge is -2.46. The lowest BCUT2D eigenvalue weighted by atomic mass is 9.97. The van der Waals surface area contributed by atoms with Crippen LogP contribution >= 0.6 is 0 Å². The van der Waals surface area contributed by atoms with Crippen LogP contribution < -0.4 is 0 Å². The third-order valence-electron chi connectivity index (χ3n) is 11.6. The maximum atomic E-state index is 14.2. The number of hydrogen-bond acceptors (Lipinski definition) is 15. The highest BCUT2D eigenvalue weighted by Crippen LogP contribution is 2.34. The fraction of sp³-hybridized carbons (Fsp3) is 0.273. The molecular weight excluding hydrogens is 901 g/mol. The second-order valence-electron chi connectivity index (χ2n) is 16.3. The third-order valence-corrected chi connectivity index (χ3v) is 11.6. The monoisotopic (exact) mass is 952 g/mol. The Kier molecular flexibility index (Phi) is 17.2. The Balaban J connectivity index is 1.17. The summed E-state index contributed by atoms with van der Waals surface area (Å²) >= 11 is 0. The zero-order valence-electron chi connectivity index (χ0n) is 38.1. The Morgan fingerprint density at radius 2 is 0.786 bits per heavy atom. The summed E-state index contributed by atoms with van der Waals surface area (Å²) in [7, 11) is 1.37. The molecule has 0 spiro atoms. The number of carbonyl (C=O) groups excluding carboxylic acids is 4. The van der Waals surface area contributed by atoms with Crippen molar-refractivity contribution in [3.8, 4) is 0 Å². The topological polar surface area (TPSA) is 181 Å². The standard InChI is InChI=1S/C55H52O15/c1-61-54-44(56)47(63-33-37-22-10-3-11-23-37)45(62-32-36-20-8-2-9-21-36)42(66-54)35-65-55-49(70-53(60)41-30-18-7-19-31-41)48(69-52(59)40-28-16-6-17-29-40)46(68-51(58)39-26-14-5-15-27-39)43(67-55)34-64-50(57)38-24-12-4-13-25-38/h2-31,42-49,54-56H,32-35H2,1H3/t42-,43-,44-,45-,46-,47-,48+,49-,54+,55-/m1/s1. The number of carbonyl (C=O) groups is 4. The molecule has 2 fully saturated rings. The molecule has 15 nitrogen and oxygen atoms in total. The summed E-state index contributed by atoms with van der Waals surface area (Å²) in [5.41, 5.74) is 2.28. The number of aliphatic hydroxyl groups is 1. The van der Waals surface area contributed by atoms with Gasteiger partial charge in [0.15, 0.2) is 30.9 Å². The number of methoxy groups -OCH3 is 1. The van der Waals surface area contributed by atoms with Crippen LogP contribution in [0, 0.1) is 0 Å². The van der Waals surface area contributed by atoms with Crippen molar-refractivity contribution >= 4 is 23.9 Å². The number of rotatable bonds is 19. The first-order chi connectivity index (χ1) is 34.2. The van der Waals surface area contributed by atoms with Gasteiger partial charge in [0, 0.05) is 7.11 Å². The summed E-state index contributed by atoms with van der Waals surface area (Å²) in [4.78, 5) is 55.8. The summed E-state index contributed by atoms with van der Waals surface area (Å²) < 4.78 is 62.5. The molecule has 2 heterocycles. The summed E-state index contributed by atoms with van der Waals surface area (Å²) in [5, 5.41) is 11.7. The molecule has 70 heavy (non-hydrogen) atoms. The fourth-order valence-corrected chi connectivity index (χ4v) is 8.00. The smallest absolute Gasteiger partial charge is 0.338 e. The molecule has 1 N–H and O–H groups in total. The minimum absolute atomic E-state index is 0.0823. The maximum absolute atomic E-state index is 14.2. The van der Waals surface area contributed by atoms with Gasteiger partial charge in [-0.3, -0.25) is 0 Å². The van der Waals surface area contributed by atoms with Gasteiger partial charge in [-0.05, 0) is 59.7 Å². The number of benzene rings is 6. The van der Waals surface area contributed by atoms with Crippen molar-refractivity contribution in [3.05, 3.63) is 215 Å². The molecule has 15 heteroatoms. The van der Waals surface area contributed by atoms with E-state index in [1.165, 1.54) is 43.5 Å². The van der Waals surface area contributed by atoms with E-state index in [4.69, 9.17) is 47.4 Å². The lowest BCUT2D eigenvalue weighted by Crippen LogP contribution is -2.64. The Labute approximate surface area is 404 Å². The van der Waals surface area contributed by atoms with Crippen LogP contribution in [-0.2, 0) is 60.6 Å². The van der Waals surface area contributed by atoms with Gasteiger partial charge in [-0.1, -0.05) is 133 Å². The normalized spacial score (nSPS) is 24.1. The molecule has 0 amide bonds. The minimum Gasteiger partial charge on any atom is -0.459 e. The van der Waals surface area contributed by atoms with Crippen molar-refractivity contribution in [3.63, 3.8) is 0 Å². The van der Waals surface area contributed by atoms with E-state index in [2.05, 4.69) is 0 Å². The fourth-order valence-electron chi connectivity index (χ4n) is 8.00. The van der Waals surface area contributed by atoms with Crippen LogP contribution in [0.5, 0.6) is 0 Å². The Bertz CT molecular complexity index is 2570. The molecule has 0 saturated carbocycles. The largest absolute Gasteiger partial charge is 0.459 e. The van der Waals surface area contributed by atoms with E-state index in [1.807, 2.05) is 60.7 Å². The van der Waals surface area contributed by atoms with Gasteiger partial charge in [0.25, 0.3) is 0 Å². The Morgan fingerprint density at radius 1 is 0.414 bits per heavy atom. The van der Waals surface area contributed by atoms with Crippen LogP contribution in [0.15, 0.2) is 182 Å². The van der Waals surface area contributed by atoms with Crippen LogP contribution in [0.3, 0.4) is 0 Å². The van der Waals surface area contributed by atoms with Gasteiger partial charge >= 0.3 is 23.9 Å². The van der Waals surface area contributed by atoms with E-state index in [0.717, 1.165) is 11.1 Å². The number of aliphatic hydroxyl groups excluding tert-OH is 1. The Hall–Kier alpha value is -7.08. The summed E-state index contributed by atoms with van der Waals surface area (Å²) in [6, 6.07) is 51.1. The molecule has 0 aromatic heterocycles. The predicted octanol–water partition coefficient (Wildman–Crippen LogP) is 7.16. The second kappa shape index (κ2) is 24.5. The highest BCUT2D eigenvalue weighted by atomic mass is 16.8. The number of hydrogen-bond donors (Lipinski definition) is 1. The molecule has 0 radical (unpaired) electrons. The second-order valence-corrected chi connectivity index (χ2v) is 16.3. The summed E-state index contributed by atoms with van der Waals surface area (Å²) in [6.07, 6.45) is -13.7. The molecule has 6 aromatic carbocycles. The average Bonchev–Trinajstić information content (AvgIpc) is 3.41. The van der Waals surface area contributed by atoms with Crippen molar-refractivity contribution in [1.29, 1.82) is 0 Å². The van der Waals surface area contributed by atoms with E-state index < -0.39 is 98.5 Å². The zero-order chi connectivity index (χ0) is 48.7.